The lowest BCUT2D eigenvalue weighted by Crippen LogP contribution is -2.53. The van der Waals surface area contributed by atoms with E-state index in [2.05, 4.69) is 39.9 Å². The first-order chi connectivity index (χ1) is 15.4. The van der Waals surface area contributed by atoms with E-state index in [1.165, 1.54) is 4.88 Å². The molecule has 1 saturated carbocycles. The first-order valence-corrected chi connectivity index (χ1v) is 13.5. The van der Waals surface area contributed by atoms with Crippen LogP contribution in [0.3, 0.4) is 0 Å². The molecule has 2 aliphatic carbocycles. The number of amides is 2. The molecule has 0 spiro atoms. The van der Waals surface area contributed by atoms with Gasteiger partial charge < -0.3 is 15.3 Å². The molecule has 4 rings (SSSR count). The minimum Gasteiger partial charge on any atom is -0.392 e. The smallest absolute Gasteiger partial charge is 0.226 e. The van der Waals surface area contributed by atoms with E-state index in [0.717, 1.165) is 50.9 Å². The molecule has 6 nitrogen and oxygen atoms in total. The van der Waals surface area contributed by atoms with Gasteiger partial charge in [0, 0.05) is 36.2 Å². The van der Waals surface area contributed by atoms with Gasteiger partial charge in [-0.15, -0.1) is 11.3 Å². The summed E-state index contributed by atoms with van der Waals surface area (Å²) in [5.41, 5.74) is 0.934. The summed E-state index contributed by atoms with van der Waals surface area (Å²) in [6.45, 7) is 14.4. The highest BCUT2D eigenvalue weighted by Gasteiger charge is 2.54. The van der Waals surface area contributed by atoms with E-state index in [9.17, 15) is 14.7 Å². The predicted molar refractivity (Wildman–Crippen MR) is 132 cm³/mol. The van der Waals surface area contributed by atoms with Crippen molar-refractivity contribution in [2.24, 2.45) is 28.6 Å². The number of hydrogen-bond donors (Lipinski definition) is 2. The summed E-state index contributed by atoms with van der Waals surface area (Å²) in [5, 5.41) is 15.3. The summed E-state index contributed by atoms with van der Waals surface area (Å²) in [6, 6.07) is 0. The molecule has 2 amide bonds. The lowest BCUT2D eigenvalue weighted by atomic mass is 9.53. The monoisotopic (exact) mass is 475 g/mol. The number of anilines is 1. The largest absolute Gasteiger partial charge is 0.392 e. The number of hydrogen-bond acceptors (Lipinski definition) is 5. The third-order valence-electron chi connectivity index (χ3n) is 8.31. The number of nitrogens with one attached hydrogen (secondary N) is 1. The Morgan fingerprint density at radius 3 is 2.61 bits per heavy atom. The highest BCUT2D eigenvalue weighted by Crippen LogP contribution is 2.57. The van der Waals surface area contributed by atoms with E-state index in [4.69, 9.17) is 4.98 Å². The molecule has 0 aromatic carbocycles. The SMILES string of the molecule is C[C@H](C(=O)N1CCCC1)[C@H]1CC[C@]2(C)Cc3sc(NC(=O)CC(C)(C)C)nc3[C@H](C)[C@@H]2[C@H]1O. The standard InChI is InChI=1S/C26H41N3O3S/c1-15(23(32)29-11-7-8-12-29)17-9-10-26(6)13-18-21(16(2)20(26)22(17)31)28-24(33-18)27-19(30)14-25(3,4)5/h15-17,20,22,31H,7-14H2,1-6H3,(H,27,28,30)/t15-,16+,17+,20+,22-,26+/m0/s1. The summed E-state index contributed by atoms with van der Waals surface area (Å²) in [7, 11) is 0. The summed E-state index contributed by atoms with van der Waals surface area (Å²) in [5.74, 6) is 0.206. The van der Waals surface area contributed by atoms with Crippen molar-refractivity contribution in [3.05, 3.63) is 10.6 Å². The fourth-order valence-corrected chi connectivity index (χ4v) is 7.93. The zero-order chi connectivity index (χ0) is 24.1. The van der Waals surface area contributed by atoms with Crippen molar-refractivity contribution in [1.82, 2.24) is 9.88 Å². The van der Waals surface area contributed by atoms with Crippen molar-refractivity contribution in [2.45, 2.75) is 92.1 Å². The molecule has 1 aliphatic heterocycles. The van der Waals surface area contributed by atoms with Crippen LogP contribution in [0.4, 0.5) is 5.13 Å². The fourth-order valence-electron chi connectivity index (χ4n) is 6.65. The van der Waals surface area contributed by atoms with Gasteiger partial charge in [0.1, 0.15) is 0 Å². The van der Waals surface area contributed by atoms with Gasteiger partial charge in [-0.2, -0.15) is 0 Å². The summed E-state index contributed by atoms with van der Waals surface area (Å²) < 4.78 is 0. The fraction of sp³-hybridized carbons (Fsp3) is 0.808. The van der Waals surface area contributed by atoms with Gasteiger partial charge >= 0.3 is 0 Å². The maximum atomic E-state index is 13.1. The second kappa shape index (κ2) is 8.95. The number of carbonyl (C=O) groups excluding carboxylic acids is 2. The zero-order valence-electron chi connectivity index (χ0n) is 21.1. The van der Waals surface area contributed by atoms with Crippen LogP contribution in [0.1, 0.15) is 90.1 Å². The molecule has 6 atom stereocenters. The number of nitrogens with zero attached hydrogens (tertiary/aromatic N) is 2. The topological polar surface area (TPSA) is 82.5 Å². The number of likely N-dealkylation sites (tertiary alicyclic amines) is 1. The second-order valence-electron chi connectivity index (χ2n) is 12.3. The maximum Gasteiger partial charge on any atom is 0.226 e. The number of aromatic nitrogens is 1. The van der Waals surface area contributed by atoms with Gasteiger partial charge in [0.25, 0.3) is 0 Å². The van der Waals surface area contributed by atoms with Crippen molar-refractivity contribution in [1.29, 1.82) is 0 Å². The van der Waals surface area contributed by atoms with Crippen molar-refractivity contribution in [3.63, 3.8) is 0 Å². The Hall–Kier alpha value is -1.47. The molecular weight excluding hydrogens is 434 g/mol. The summed E-state index contributed by atoms with van der Waals surface area (Å²) >= 11 is 1.59. The number of thiazole rings is 1. The number of fused-ring (bicyclic) bond motifs is 2. The van der Waals surface area contributed by atoms with E-state index in [-0.39, 0.29) is 46.3 Å². The minimum absolute atomic E-state index is 0.000716. The highest BCUT2D eigenvalue weighted by molar-refractivity contribution is 7.15. The van der Waals surface area contributed by atoms with Crippen molar-refractivity contribution in [3.8, 4) is 0 Å². The third kappa shape index (κ3) is 4.86. The van der Waals surface area contributed by atoms with Gasteiger partial charge in [0.05, 0.1) is 11.8 Å². The molecule has 3 aliphatic rings. The van der Waals surface area contributed by atoms with E-state index >= 15 is 0 Å². The Bertz CT molecular complexity index is 901. The average Bonchev–Trinajstić information content (AvgIpc) is 3.35. The Labute approximate surface area is 202 Å². The van der Waals surface area contributed by atoms with Gasteiger partial charge in [-0.3, -0.25) is 9.59 Å². The Balaban J connectivity index is 1.52. The molecule has 184 valence electrons. The second-order valence-corrected chi connectivity index (χ2v) is 13.4. The molecule has 0 bridgehead atoms. The molecule has 2 fully saturated rings. The number of aliphatic hydroxyl groups is 1. The Morgan fingerprint density at radius 2 is 1.97 bits per heavy atom. The van der Waals surface area contributed by atoms with E-state index in [1.54, 1.807) is 11.3 Å². The molecular formula is C26H41N3O3S. The van der Waals surface area contributed by atoms with Crippen molar-refractivity contribution < 1.29 is 14.7 Å². The average molecular weight is 476 g/mol. The Morgan fingerprint density at radius 1 is 1.30 bits per heavy atom. The molecule has 1 aromatic rings. The van der Waals surface area contributed by atoms with Crippen LogP contribution >= 0.6 is 11.3 Å². The number of rotatable bonds is 4. The Kier molecular flexibility index (Phi) is 6.69. The van der Waals surface area contributed by atoms with Crippen LogP contribution in [0.25, 0.3) is 0 Å². The maximum absolute atomic E-state index is 13.1. The highest BCUT2D eigenvalue weighted by atomic mass is 32.1. The lowest BCUT2D eigenvalue weighted by molar-refractivity contribution is -0.143. The minimum atomic E-state index is -0.519. The molecule has 0 radical (unpaired) electrons. The zero-order valence-corrected chi connectivity index (χ0v) is 21.9. The lowest BCUT2D eigenvalue weighted by Gasteiger charge is -2.53. The van der Waals surface area contributed by atoms with E-state index in [0.29, 0.717) is 11.6 Å². The first kappa shape index (κ1) is 24.6. The molecule has 2 N–H and O–H groups in total. The summed E-state index contributed by atoms with van der Waals surface area (Å²) in [4.78, 5) is 33.6. The van der Waals surface area contributed by atoms with E-state index < -0.39 is 6.10 Å². The molecule has 2 heterocycles. The van der Waals surface area contributed by atoms with Crippen molar-refractivity contribution >= 4 is 28.3 Å². The van der Waals surface area contributed by atoms with Gasteiger partial charge in [0.2, 0.25) is 11.8 Å². The normalized spacial score (nSPS) is 32.8. The van der Waals surface area contributed by atoms with Gasteiger partial charge in [-0.1, -0.05) is 41.5 Å². The summed E-state index contributed by atoms with van der Waals surface area (Å²) in [6.07, 6.45) is 4.87. The van der Waals surface area contributed by atoms with Crippen LogP contribution in [-0.4, -0.2) is 46.0 Å². The number of aliphatic hydroxyl groups excluding tert-OH is 1. The van der Waals surface area contributed by atoms with Gasteiger partial charge in [-0.05, 0) is 54.8 Å². The predicted octanol–water partition coefficient (Wildman–Crippen LogP) is 4.83. The molecule has 1 aromatic heterocycles. The molecule has 7 heteroatoms. The number of carbonyl (C=O) groups is 2. The van der Waals surface area contributed by atoms with Crippen LogP contribution in [-0.2, 0) is 16.0 Å². The van der Waals surface area contributed by atoms with Crippen molar-refractivity contribution in [2.75, 3.05) is 18.4 Å². The van der Waals surface area contributed by atoms with Crippen LogP contribution in [0.15, 0.2) is 0 Å². The molecule has 0 unspecified atom stereocenters. The third-order valence-corrected chi connectivity index (χ3v) is 9.30. The first-order valence-electron chi connectivity index (χ1n) is 12.7. The van der Waals surface area contributed by atoms with Crippen LogP contribution in [0, 0.1) is 28.6 Å². The van der Waals surface area contributed by atoms with Crippen LogP contribution in [0.5, 0.6) is 0 Å². The van der Waals surface area contributed by atoms with Gasteiger partial charge in [0.15, 0.2) is 5.13 Å². The molecule has 33 heavy (non-hydrogen) atoms. The van der Waals surface area contributed by atoms with Crippen LogP contribution < -0.4 is 5.32 Å². The molecule has 1 saturated heterocycles. The van der Waals surface area contributed by atoms with Crippen LogP contribution in [0.2, 0.25) is 0 Å². The quantitative estimate of drug-likeness (QED) is 0.653. The van der Waals surface area contributed by atoms with Gasteiger partial charge in [-0.25, -0.2) is 4.98 Å². The van der Waals surface area contributed by atoms with E-state index in [1.807, 2.05) is 11.8 Å².